The zero-order chi connectivity index (χ0) is 30.0. The van der Waals surface area contributed by atoms with Gasteiger partial charge in [-0.1, -0.05) is 60.7 Å². The molecular weight excluding hydrogens is 550 g/mol. The van der Waals surface area contributed by atoms with Crippen LogP contribution >= 0.6 is 11.8 Å². The first-order valence-corrected chi connectivity index (χ1v) is 14.3. The van der Waals surface area contributed by atoms with Gasteiger partial charge in [0.25, 0.3) is 0 Å². The molecule has 41 heavy (non-hydrogen) atoms. The highest BCUT2D eigenvalue weighted by atomic mass is 32.2. The van der Waals surface area contributed by atoms with Gasteiger partial charge in [0, 0.05) is 5.75 Å². The molecule has 4 N–H and O–H groups in total. The number of carboxylic acid groups (broad SMARTS) is 1. The Morgan fingerprint density at radius 3 is 2.20 bits per heavy atom. The van der Waals surface area contributed by atoms with Crippen LogP contribution in [0.15, 0.2) is 60.7 Å². The summed E-state index contributed by atoms with van der Waals surface area (Å²) < 4.78 is 11.1. The molecule has 2 aromatic rings. The summed E-state index contributed by atoms with van der Waals surface area (Å²) in [4.78, 5) is 52.5. The Morgan fingerprint density at radius 1 is 1.00 bits per heavy atom. The van der Waals surface area contributed by atoms with E-state index in [1.54, 1.807) is 42.5 Å². The predicted octanol–water partition coefficient (Wildman–Crippen LogP) is 2.17. The minimum absolute atomic E-state index is 0.00696. The van der Waals surface area contributed by atoms with Crippen LogP contribution in [0, 0.1) is 0 Å². The molecule has 12 heteroatoms. The molecule has 3 rings (SSSR count). The van der Waals surface area contributed by atoms with E-state index < -0.39 is 53.7 Å². The first-order valence-electron chi connectivity index (χ1n) is 13.2. The monoisotopic (exact) mass is 587 g/mol. The molecule has 0 aromatic heterocycles. The van der Waals surface area contributed by atoms with Gasteiger partial charge in [0.05, 0.1) is 24.1 Å². The van der Waals surface area contributed by atoms with E-state index in [0.29, 0.717) is 0 Å². The lowest BCUT2D eigenvalue weighted by atomic mass is 10.0. The molecular formula is C29H37N3O8S. The highest BCUT2D eigenvalue weighted by Crippen LogP contribution is 2.23. The molecule has 2 aromatic carbocycles. The van der Waals surface area contributed by atoms with Crippen molar-refractivity contribution in [3.05, 3.63) is 71.8 Å². The van der Waals surface area contributed by atoms with E-state index >= 15 is 0 Å². The van der Waals surface area contributed by atoms with Gasteiger partial charge < -0.3 is 35.2 Å². The quantitative estimate of drug-likeness (QED) is 0.292. The third-order valence-electron chi connectivity index (χ3n) is 6.21. The van der Waals surface area contributed by atoms with Gasteiger partial charge in [-0.25, -0.2) is 9.59 Å². The maximum atomic E-state index is 13.6. The van der Waals surface area contributed by atoms with Crippen molar-refractivity contribution in [3.8, 4) is 0 Å². The summed E-state index contributed by atoms with van der Waals surface area (Å²) in [6, 6.07) is 14.7. The van der Waals surface area contributed by atoms with E-state index in [0.717, 1.165) is 11.1 Å². The highest BCUT2D eigenvalue weighted by molar-refractivity contribution is 7.99. The van der Waals surface area contributed by atoms with Crippen LogP contribution in [0.1, 0.15) is 31.9 Å². The largest absolute Gasteiger partial charge is 0.479 e. The fourth-order valence-electron chi connectivity index (χ4n) is 4.05. The summed E-state index contributed by atoms with van der Waals surface area (Å²) in [6.07, 6.45) is -2.60. The van der Waals surface area contributed by atoms with Crippen LogP contribution in [0.5, 0.6) is 0 Å². The maximum Gasteiger partial charge on any atom is 0.408 e. The second-order valence-corrected chi connectivity index (χ2v) is 11.6. The number of carbonyl (C=O) groups is 4. The Morgan fingerprint density at radius 2 is 1.61 bits per heavy atom. The smallest absolute Gasteiger partial charge is 0.408 e. The van der Waals surface area contributed by atoms with Gasteiger partial charge in [0.15, 0.2) is 6.10 Å². The second-order valence-electron chi connectivity index (χ2n) is 10.6. The second kappa shape index (κ2) is 14.9. The molecule has 1 aliphatic heterocycles. The van der Waals surface area contributed by atoms with E-state index in [2.05, 4.69) is 10.6 Å². The number of rotatable bonds is 12. The van der Waals surface area contributed by atoms with Gasteiger partial charge in [0.2, 0.25) is 11.8 Å². The number of amides is 3. The number of ether oxygens (including phenoxy) is 2. The number of nitrogens with one attached hydrogen (secondary N) is 2. The van der Waals surface area contributed by atoms with Gasteiger partial charge in [-0.15, -0.1) is 11.8 Å². The van der Waals surface area contributed by atoms with Crippen LogP contribution in [0.25, 0.3) is 0 Å². The third kappa shape index (κ3) is 10.1. The molecule has 1 fully saturated rings. The van der Waals surface area contributed by atoms with E-state index in [9.17, 15) is 29.4 Å². The van der Waals surface area contributed by atoms with Crippen molar-refractivity contribution in [2.75, 3.05) is 18.2 Å². The Balaban J connectivity index is 1.71. The summed E-state index contributed by atoms with van der Waals surface area (Å²) in [6.45, 7) is 5.28. The van der Waals surface area contributed by atoms with E-state index in [1.807, 2.05) is 39.0 Å². The summed E-state index contributed by atoms with van der Waals surface area (Å²) in [5.41, 5.74) is 0.893. The third-order valence-corrected chi connectivity index (χ3v) is 7.23. The molecule has 0 spiro atoms. The van der Waals surface area contributed by atoms with Crippen molar-refractivity contribution in [1.29, 1.82) is 0 Å². The minimum atomic E-state index is -1.86. The number of hydrogen-bond donors (Lipinski definition) is 4. The average Bonchev–Trinajstić information content (AvgIpc) is 3.44. The average molecular weight is 588 g/mol. The molecule has 11 nitrogen and oxygen atoms in total. The van der Waals surface area contributed by atoms with Crippen molar-refractivity contribution in [1.82, 2.24) is 15.5 Å². The number of hydrogen-bond acceptors (Lipinski definition) is 8. The van der Waals surface area contributed by atoms with Crippen molar-refractivity contribution < 1.29 is 38.9 Å². The summed E-state index contributed by atoms with van der Waals surface area (Å²) in [7, 11) is 0. The van der Waals surface area contributed by atoms with Crippen molar-refractivity contribution in [2.45, 2.75) is 63.6 Å². The van der Waals surface area contributed by atoms with Crippen LogP contribution < -0.4 is 10.6 Å². The molecule has 1 saturated heterocycles. The summed E-state index contributed by atoms with van der Waals surface area (Å²) in [5, 5.41) is 24.9. The van der Waals surface area contributed by atoms with Crippen molar-refractivity contribution in [3.63, 3.8) is 0 Å². The number of benzene rings is 2. The zero-order valence-electron chi connectivity index (χ0n) is 23.3. The number of nitrogens with zero attached hydrogens (tertiary/aromatic N) is 1. The molecule has 1 unspecified atom stereocenters. The number of carboxylic acids is 1. The van der Waals surface area contributed by atoms with Crippen LogP contribution in [-0.2, 0) is 36.9 Å². The molecule has 0 saturated carbocycles. The van der Waals surface area contributed by atoms with Crippen LogP contribution in [-0.4, -0.2) is 87.1 Å². The first-order chi connectivity index (χ1) is 19.4. The number of carbonyl (C=O) groups excluding carboxylic acids is 3. The topological polar surface area (TPSA) is 154 Å². The number of alkyl carbamates (subject to hydrolysis) is 1. The van der Waals surface area contributed by atoms with Gasteiger partial charge in [-0.2, -0.15) is 0 Å². The van der Waals surface area contributed by atoms with E-state index in [1.165, 1.54) is 16.7 Å². The Kier molecular flexibility index (Phi) is 11.6. The molecule has 222 valence electrons. The van der Waals surface area contributed by atoms with Crippen LogP contribution in [0.2, 0.25) is 0 Å². The SMILES string of the molecule is CC(C)(C)OC[C@H](NC(=O)OCc1ccccc1)C(=O)N1CSC[C@H]1C(=O)N[C@@H](Cc1ccccc1)C(O)C(=O)O. The van der Waals surface area contributed by atoms with E-state index in [4.69, 9.17) is 9.47 Å². The Hall–Kier alpha value is -3.61. The summed E-state index contributed by atoms with van der Waals surface area (Å²) in [5.74, 6) is -2.20. The van der Waals surface area contributed by atoms with Crippen molar-refractivity contribution >= 4 is 35.6 Å². The number of aliphatic carboxylic acids is 1. The Labute approximate surface area is 243 Å². The standard InChI is InChI=1S/C29H37N3O8S/c1-29(2,3)40-16-22(31-28(38)39-15-20-12-8-5-9-13-20)26(35)32-18-41-17-23(32)25(34)30-21(24(33)27(36)37)14-19-10-6-4-7-11-19/h4-13,21-24,33H,14-18H2,1-3H3,(H,30,34)(H,31,38)(H,36,37)/t21-,22-,23-,24?/m0/s1. The van der Waals surface area contributed by atoms with Gasteiger partial charge in [-0.3, -0.25) is 9.59 Å². The Bertz CT molecular complexity index is 1180. The molecule has 0 radical (unpaired) electrons. The molecule has 0 aliphatic carbocycles. The zero-order valence-corrected chi connectivity index (χ0v) is 24.1. The van der Waals surface area contributed by atoms with E-state index in [-0.39, 0.29) is 31.3 Å². The lowest BCUT2D eigenvalue weighted by molar-refractivity contribution is -0.149. The van der Waals surface area contributed by atoms with Crippen LogP contribution in [0.4, 0.5) is 4.79 Å². The van der Waals surface area contributed by atoms with Gasteiger partial charge in [-0.05, 0) is 38.3 Å². The molecule has 4 atom stereocenters. The number of aliphatic hydroxyl groups excluding tert-OH is 1. The number of aliphatic hydroxyl groups is 1. The highest BCUT2D eigenvalue weighted by Gasteiger charge is 2.40. The van der Waals surface area contributed by atoms with Gasteiger partial charge >= 0.3 is 12.1 Å². The molecule has 0 bridgehead atoms. The first kappa shape index (κ1) is 31.9. The summed E-state index contributed by atoms with van der Waals surface area (Å²) >= 11 is 1.34. The van der Waals surface area contributed by atoms with Crippen LogP contribution in [0.3, 0.4) is 0 Å². The fourth-order valence-corrected chi connectivity index (χ4v) is 5.22. The minimum Gasteiger partial charge on any atom is -0.479 e. The fraction of sp³-hybridized carbons (Fsp3) is 0.448. The van der Waals surface area contributed by atoms with Gasteiger partial charge in [0.1, 0.15) is 18.7 Å². The molecule has 3 amide bonds. The maximum absolute atomic E-state index is 13.6. The predicted molar refractivity (Wildman–Crippen MR) is 153 cm³/mol. The lowest BCUT2D eigenvalue weighted by Crippen LogP contribution is -2.58. The molecule has 1 aliphatic rings. The molecule has 1 heterocycles. The lowest BCUT2D eigenvalue weighted by Gasteiger charge is -2.31. The normalized spacial score (nSPS) is 17.3. The van der Waals surface area contributed by atoms with Crippen molar-refractivity contribution in [2.24, 2.45) is 0 Å². The number of thioether (sulfide) groups is 1.